The van der Waals surface area contributed by atoms with E-state index in [9.17, 15) is 23.1 Å². The van der Waals surface area contributed by atoms with Crippen molar-refractivity contribution >= 4 is 6.09 Å². The van der Waals surface area contributed by atoms with Crippen molar-refractivity contribution in [2.24, 2.45) is 0 Å². The quantitative estimate of drug-likeness (QED) is 0.733. The maximum absolute atomic E-state index is 12.8. The van der Waals surface area contributed by atoms with Crippen molar-refractivity contribution in [3.05, 3.63) is 0 Å². The fourth-order valence-electron chi connectivity index (χ4n) is 1.51. The molecule has 0 aliphatic carbocycles. The summed E-state index contributed by atoms with van der Waals surface area (Å²) in [5, 5.41) is 9.61. The molecule has 0 bridgehead atoms. The van der Waals surface area contributed by atoms with Gasteiger partial charge in [0.1, 0.15) is 5.60 Å². The average Bonchev–Trinajstić information content (AvgIpc) is 2.37. The molecule has 1 saturated heterocycles. The summed E-state index contributed by atoms with van der Waals surface area (Å²) in [5.41, 5.74) is -3.89. The van der Waals surface area contributed by atoms with Gasteiger partial charge in [0.05, 0.1) is 19.8 Å². The fourth-order valence-corrected chi connectivity index (χ4v) is 1.51. The van der Waals surface area contributed by atoms with Crippen LogP contribution in [0.5, 0.6) is 0 Å². The molecule has 1 aliphatic rings. The average molecular weight is 285 g/mol. The van der Waals surface area contributed by atoms with E-state index in [0.717, 1.165) is 4.90 Å². The predicted octanol–water partition coefficient (Wildman–Crippen LogP) is 1.55. The van der Waals surface area contributed by atoms with E-state index in [1.807, 2.05) is 0 Å². The van der Waals surface area contributed by atoms with E-state index in [1.165, 1.54) is 0 Å². The van der Waals surface area contributed by atoms with Crippen molar-refractivity contribution in [2.45, 2.75) is 38.1 Å². The lowest BCUT2D eigenvalue weighted by Crippen LogP contribution is -2.56. The van der Waals surface area contributed by atoms with Gasteiger partial charge in [0.15, 0.2) is 0 Å². The van der Waals surface area contributed by atoms with Crippen molar-refractivity contribution in [1.29, 1.82) is 0 Å². The van der Waals surface area contributed by atoms with Crippen LogP contribution in [0.2, 0.25) is 0 Å². The van der Waals surface area contributed by atoms with Gasteiger partial charge >= 0.3 is 12.3 Å². The molecule has 1 unspecified atom stereocenters. The number of carbonyl (C=O) groups is 1. The lowest BCUT2D eigenvalue weighted by molar-refractivity contribution is -0.272. The van der Waals surface area contributed by atoms with Gasteiger partial charge in [0.2, 0.25) is 5.60 Å². The summed E-state index contributed by atoms with van der Waals surface area (Å²) in [4.78, 5) is 12.6. The van der Waals surface area contributed by atoms with E-state index in [0.29, 0.717) is 0 Å². The molecule has 112 valence electrons. The zero-order valence-electron chi connectivity index (χ0n) is 11.1. The maximum atomic E-state index is 12.8. The third-order valence-corrected chi connectivity index (χ3v) is 2.48. The number of hydrogen-bond donors (Lipinski definition) is 1. The van der Waals surface area contributed by atoms with Gasteiger partial charge in [0.25, 0.3) is 0 Å². The van der Waals surface area contributed by atoms with Gasteiger partial charge in [-0.2, -0.15) is 13.2 Å². The van der Waals surface area contributed by atoms with Crippen LogP contribution in [-0.4, -0.2) is 59.8 Å². The molecule has 5 nitrogen and oxygen atoms in total. The number of rotatable bonds is 0. The SMILES string of the molecule is CC(C)(C)OC(=O)N1CCOCC(O)(C(F)(F)F)C1. The van der Waals surface area contributed by atoms with E-state index in [2.05, 4.69) is 0 Å². The Morgan fingerprint density at radius 1 is 1.37 bits per heavy atom. The zero-order valence-corrected chi connectivity index (χ0v) is 11.1. The fraction of sp³-hybridized carbons (Fsp3) is 0.909. The van der Waals surface area contributed by atoms with Crippen LogP contribution >= 0.6 is 0 Å². The van der Waals surface area contributed by atoms with Crippen molar-refractivity contribution in [3.8, 4) is 0 Å². The number of carbonyl (C=O) groups excluding carboxylic acids is 1. The number of halogens is 3. The summed E-state index contributed by atoms with van der Waals surface area (Å²) in [7, 11) is 0. The third-order valence-electron chi connectivity index (χ3n) is 2.48. The van der Waals surface area contributed by atoms with Crippen LogP contribution in [0, 0.1) is 0 Å². The number of nitrogens with zero attached hydrogens (tertiary/aromatic N) is 1. The third kappa shape index (κ3) is 4.24. The molecule has 19 heavy (non-hydrogen) atoms. The van der Waals surface area contributed by atoms with Crippen LogP contribution in [0.3, 0.4) is 0 Å². The standard InChI is InChI=1S/C11H18F3NO4/c1-9(2,3)19-8(16)15-4-5-18-7-10(17,6-15)11(12,13)14/h17H,4-7H2,1-3H3. The smallest absolute Gasteiger partial charge is 0.421 e. The Kier molecular flexibility index (Phi) is 4.36. The van der Waals surface area contributed by atoms with Gasteiger partial charge in [-0.25, -0.2) is 4.79 Å². The molecule has 1 rings (SSSR count). The zero-order chi connectivity index (χ0) is 14.9. The lowest BCUT2D eigenvalue weighted by Gasteiger charge is -2.33. The highest BCUT2D eigenvalue weighted by Crippen LogP contribution is 2.32. The summed E-state index contributed by atoms with van der Waals surface area (Å²) in [5.74, 6) is 0. The van der Waals surface area contributed by atoms with E-state index in [4.69, 9.17) is 9.47 Å². The molecule has 0 radical (unpaired) electrons. The van der Waals surface area contributed by atoms with Crippen LogP contribution in [-0.2, 0) is 9.47 Å². The summed E-state index contributed by atoms with van der Waals surface area (Å²) in [6.07, 6.45) is -5.78. The Bertz CT molecular complexity index is 340. The molecular formula is C11H18F3NO4. The van der Waals surface area contributed by atoms with E-state index in [1.54, 1.807) is 20.8 Å². The van der Waals surface area contributed by atoms with Crippen LogP contribution in [0.25, 0.3) is 0 Å². The summed E-state index contributed by atoms with van der Waals surface area (Å²) in [6.45, 7) is 2.88. The summed E-state index contributed by atoms with van der Waals surface area (Å²) >= 11 is 0. The molecule has 0 aromatic carbocycles. The van der Waals surface area contributed by atoms with E-state index < -0.39 is 36.6 Å². The van der Waals surface area contributed by atoms with Gasteiger partial charge in [-0.15, -0.1) is 0 Å². The largest absolute Gasteiger partial charge is 0.444 e. The van der Waals surface area contributed by atoms with Gasteiger partial charge in [0, 0.05) is 6.54 Å². The van der Waals surface area contributed by atoms with Gasteiger partial charge in [-0.1, -0.05) is 0 Å². The second-order valence-electron chi connectivity index (χ2n) is 5.48. The molecule has 8 heteroatoms. The highest BCUT2D eigenvalue weighted by molar-refractivity contribution is 5.68. The Morgan fingerprint density at radius 3 is 2.42 bits per heavy atom. The molecule has 0 spiro atoms. The minimum Gasteiger partial charge on any atom is -0.444 e. The highest BCUT2D eigenvalue weighted by atomic mass is 19.4. The normalized spacial score (nSPS) is 25.9. The first kappa shape index (κ1) is 16.0. The lowest BCUT2D eigenvalue weighted by atomic mass is 10.1. The number of β-amino-alcohol motifs (C(OH)–C–C–N with tert-alkyl or cyclic N) is 1. The summed E-state index contributed by atoms with van der Waals surface area (Å²) in [6, 6.07) is 0. The first-order valence-corrected chi connectivity index (χ1v) is 5.79. The molecule has 1 aliphatic heterocycles. The molecule has 1 N–H and O–H groups in total. The molecular weight excluding hydrogens is 267 g/mol. The van der Waals surface area contributed by atoms with Crippen molar-refractivity contribution in [2.75, 3.05) is 26.3 Å². The second-order valence-corrected chi connectivity index (χ2v) is 5.48. The number of aliphatic hydroxyl groups is 1. The molecule has 1 heterocycles. The molecule has 1 amide bonds. The van der Waals surface area contributed by atoms with Crippen LogP contribution in [0.1, 0.15) is 20.8 Å². The van der Waals surface area contributed by atoms with Crippen LogP contribution in [0.15, 0.2) is 0 Å². The Labute approximate surface area is 109 Å². The number of amides is 1. The van der Waals surface area contributed by atoms with Gasteiger partial charge < -0.3 is 19.5 Å². The minimum absolute atomic E-state index is 0.0622. The molecule has 1 atom stereocenters. The second kappa shape index (κ2) is 5.16. The van der Waals surface area contributed by atoms with Gasteiger partial charge in [-0.3, -0.25) is 0 Å². The molecule has 1 fully saturated rings. The highest BCUT2D eigenvalue weighted by Gasteiger charge is 2.56. The predicted molar refractivity (Wildman–Crippen MR) is 59.6 cm³/mol. The number of alkyl halides is 3. The van der Waals surface area contributed by atoms with E-state index in [-0.39, 0.29) is 13.2 Å². The molecule has 0 saturated carbocycles. The Balaban J connectivity index is 2.82. The molecule has 0 aromatic heterocycles. The number of ether oxygens (including phenoxy) is 2. The van der Waals surface area contributed by atoms with Crippen LogP contribution in [0.4, 0.5) is 18.0 Å². The molecule has 0 aromatic rings. The van der Waals surface area contributed by atoms with Crippen molar-refractivity contribution in [3.63, 3.8) is 0 Å². The van der Waals surface area contributed by atoms with Crippen LogP contribution < -0.4 is 0 Å². The number of hydrogen-bond acceptors (Lipinski definition) is 4. The first-order valence-electron chi connectivity index (χ1n) is 5.79. The first-order chi connectivity index (χ1) is 8.45. The van der Waals surface area contributed by atoms with Crippen molar-refractivity contribution in [1.82, 2.24) is 4.90 Å². The maximum Gasteiger partial charge on any atom is 0.421 e. The van der Waals surface area contributed by atoms with Gasteiger partial charge in [-0.05, 0) is 20.8 Å². The Morgan fingerprint density at radius 2 is 1.95 bits per heavy atom. The summed E-state index contributed by atoms with van der Waals surface area (Å²) < 4.78 is 48.0. The minimum atomic E-state index is -4.88. The topological polar surface area (TPSA) is 59.0 Å². The monoisotopic (exact) mass is 285 g/mol. The van der Waals surface area contributed by atoms with E-state index >= 15 is 0 Å². The Hall–Kier alpha value is -1.02. The van der Waals surface area contributed by atoms with Crippen molar-refractivity contribution < 1.29 is 32.5 Å².